The Morgan fingerprint density at radius 2 is 1.46 bits per heavy atom. The van der Waals surface area contributed by atoms with Gasteiger partial charge in [0.1, 0.15) is 35.9 Å². The van der Waals surface area contributed by atoms with E-state index in [0.29, 0.717) is 11.5 Å². The number of benzene rings is 4. The first kappa shape index (κ1) is 41.8. The lowest BCUT2D eigenvalue weighted by molar-refractivity contribution is -0.152. The first-order chi connectivity index (χ1) is 28.5. The van der Waals surface area contributed by atoms with Crippen molar-refractivity contribution in [1.82, 2.24) is 9.80 Å². The second kappa shape index (κ2) is 17.9. The van der Waals surface area contributed by atoms with Gasteiger partial charge in [-0.2, -0.15) is 0 Å². The van der Waals surface area contributed by atoms with E-state index in [1.54, 1.807) is 38.5 Å². The van der Waals surface area contributed by atoms with Crippen LogP contribution in [0.15, 0.2) is 91.0 Å². The fourth-order valence-electron chi connectivity index (χ4n) is 7.14. The van der Waals surface area contributed by atoms with Crippen LogP contribution < -0.4 is 18.9 Å². The maximum atomic E-state index is 14.0. The standard InChI is InChI=1S/C42H38BClN2O11S2/c1-53-29-12-8-26(9-13-29)22-55-34-17-16-32(35(44)37(34)56-23-27-10-14-30(54-2)15-11-27)36(48)39(50)45-20-31(21-45)58-42(41(51)57-43)24-46-38(49)33(40(46)59(42)52)19-28(47)18-25-6-4-3-5-7-25/h3-17,31,33,40H,18-24H2,1-2H3/t33?,40-,42?,59?/m1/s1. The maximum absolute atomic E-state index is 14.0. The number of ketones is 2. The predicted molar refractivity (Wildman–Crippen MR) is 220 cm³/mol. The van der Waals surface area contributed by atoms with Crippen LogP contribution in [0.5, 0.6) is 23.0 Å². The summed E-state index contributed by atoms with van der Waals surface area (Å²) in [6, 6.07) is 26.4. The Morgan fingerprint density at radius 1 is 0.847 bits per heavy atom. The molecule has 2 amide bonds. The molecular formula is C42H38BClN2O11S2. The van der Waals surface area contributed by atoms with Gasteiger partial charge in [0.05, 0.1) is 48.1 Å². The second-order valence-corrected chi connectivity index (χ2v) is 18.1. The summed E-state index contributed by atoms with van der Waals surface area (Å²) in [5.41, 5.74) is 2.29. The molecule has 3 saturated heterocycles. The number of nitrogens with zero attached hydrogens (tertiary/aromatic N) is 2. The van der Waals surface area contributed by atoms with Crippen molar-refractivity contribution in [1.29, 1.82) is 0 Å². The van der Waals surface area contributed by atoms with E-state index < -0.39 is 49.1 Å². The summed E-state index contributed by atoms with van der Waals surface area (Å²) in [5.74, 6) is -2.50. The third kappa shape index (κ3) is 8.57. The molecule has 4 aromatic carbocycles. The topological polar surface area (TPSA) is 155 Å². The molecule has 3 aliphatic rings. The van der Waals surface area contributed by atoms with Gasteiger partial charge in [-0.1, -0.05) is 66.2 Å². The van der Waals surface area contributed by atoms with Crippen LogP contribution >= 0.6 is 23.4 Å². The third-order valence-corrected chi connectivity index (χ3v) is 14.8. The molecule has 3 aliphatic heterocycles. The molecule has 17 heteroatoms. The minimum absolute atomic E-state index is 0.0190. The van der Waals surface area contributed by atoms with Gasteiger partial charge in [-0.3, -0.25) is 28.2 Å². The molecule has 7 rings (SSSR count). The van der Waals surface area contributed by atoms with Crippen molar-refractivity contribution in [3.8, 4) is 23.0 Å². The van der Waals surface area contributed by atoms with Crippen molar-refractivity contribution >= 4 is 71.6 Å². The number of thioether (sulfide) groups is 1. The summed E-state index contributed by atoms with van der Waals surface area (Å²) < 4.78 is 39.6. The quantitative estimate of drug-likeness (QED) is 0.0625. The highest BCUT2D eigenvalue weighted by atomic mass is 35.5. The van der Waals surface area contributed by atoms with Gasteiger partial charge in [-0.05, 0) is 53.1 Å². The Morgan fingerprint density at radius 3 is 2.05 bits per heavy atom. The van der Waals surface area contributed by atoms with E-state index in [1.807, 2.05) is 54.6 Å². The van der Waals surface area contributed by atoms with E-state index in [9.17, 15) is 28.2 Å². The van der Waals surface area contributed by atoms with Crippen molar-refractivity contribution in [2.75, 3.05) is 33.9 Å². The van der Waals surface area contributed by atoms with Crippen molar-refractivity contribution in [2.45, 2.75) is 40.8 Å². The molecule has 13 nitrogen and oxygen atoms in total. The van der Waals surface area contributed by atoms with Crippen LogP contribution in [-0.2, 0) is 54.3 Å². The molecule has 0 N–H and O–H groups in total. The average molecular weight is 857 g/mol. The summed E-state index contributed by atoms with van der Waals surface area (Å²) in [6.45, 7) is -0.00117. The van der Waals surface area contributed by atoms with Gasteiger partial charge in [-0.15, -0.1) is 11.8 Å². The number of hydrogen-bond acceptors (Lipinski definition) is 12. The normalized spacial score (nSPS) is 20.8. The lowest BCUT2D eigenvalue weighted by atomic mass is 9.90. The zero-order valence-electron chi connectivity index (χ0n) is 32.0. The Kier molecular flexibility index (Phi) is 12.7. The third-order valence-electron chi connectivity index (χ3n) is 10.4. The molecule has 3 unspecified atom stereocenters. The van der Waals surface area contributed by atoms with Crippen molar-refractivity contribution < 1.29 is 51.8 Å². The lowest BCUT2D eigenvalue weighted by Crippen LogP contribution is -2.59. The SMILES string of the molecule is [B]OC(=O)C1(SC2CN(C(=O)C(=O)c3ccc(OCc4ccc(OC)cc4)c(OCc4ccc(OC)cc4)c3Cl)C2)CN2C(=O)C(CC(=O)Cc3ccccc3)[C@H]2S1=O. The fraction of sp³-hybridized carbons (Fsp3) is 0.310. The minimum atomic E-state index is -2.01. The number of carbonyl (C=O) groups is 5. The highest BCUT2D eigenvalue weighted by molar-refractivity contribution is 8.14. The second-order valence-electron chi connectivity index (χ2n) is 14.1. The van der Waals surface area contributed by atoms with Gasteiger partial charge in [-0.25, -0.2) is 0 Å². The van der Waals surface area contributed by atoms with Gasteiger partial charge in [0.2, 0.25) is 9.99 Å². The van der Waals surface area contributed by atoms with Gasteiger partial charge < -0.3 is 33.4 Å². The number of Topliss-reactive ketones (excluding diaryl/α,β-unsaturated/α-hetero) is 2. The van der Waals surface area contributed by atoms with Crippen LogP contribution in [0.1, 0.15) is 33.5 Å². The van der Waals surface area contributed by atoms with Crippen LogP contribution in [0.4, 0.5) is 0 Å². The molecule has 0 aromatic heterocycles. The molecule has 4 atom stereocenters. The number of ether oxygens (including phenoxy) is 4. The molecule has 3 fully saturated rings. The molecule has 0 saturated carbocycles. The zero-order chi connectivity index (χ0) is 41.8. The van der Waals surface area contributed by atoms with Gasteiger partial charge in [0, 0.05) is 31.2 Å². The number of halogens is 1. The Bertz CT molecular complexity index is 2280. The van der Waals surface area contributed by atoms with Crippen LogP contribution in [0.3, 0.4) is 0 Å². The summed E-state index contributed by atoms with van der Waals surface area (Å²) in [5, 5.41) is -1.46. The van der Waals surface area contributed by atoms with E-state index in [-0.39, 0.29) is 79.5 Å². The molecule has 0 aliphatic carbocycles. The van der Waals surface area contributed by atoms with E-state index in [1.165, 1.54) is 21.9 Å². The molecule has 0 bridgehead atoms. The number of methoxy groups -OCH3 is 2. The van der Waals surface area contributed by atoms with Crippen LogP contribution in [0.2, 0.25) is 5.02 Å². The van der Waals surface area contributed by atoms with Crippen molar-refractivity contribution in [3.63, 3.8) is 0 Å². The summed E-state index contributed by atoms with van der Waals surface area (Å²) in [6.07, 6.45) is -0.00936. The summed E-state index contributed by atoms with van der Waals surface area (Å²) >= 11 is 7.81. The number of β-lactam (4-membered cyclic amide) rings is 1. The van der Waals surface area contributed by atoms with Crippen molar-refractivity contribution in [2.24, 2.45) is 5.92 Å². The van der Waals surface area contributed by atoms with E-state index in [2.05, 4.69) is 4.65 Å². The first-order valence-corrected chi connectivity index (χ1v) is 21.0. The summed E-state index contributed by atoms with van der Waals surface area (Å²) in [4.78, 5) is 69.2. The number of likely N-dealkylation sites (tertiary alicyclic amines) is 1. The average Bonchev–Trinajstić information content (AvgIpc) is 3.51. The van der Waals surface area contributed by atoms with Gasteiger partial charge >= 0.3 is 14.0 Å². The van der Waals surface area contributed by atoms with Gasteiger partial charge in [0.15, 0.2) is 11.5 Å². The Hall–Kier alpha value is -5.32. The number of carbonyl (C=O) groups excluding carboxylic acids is 5. The number of amides is 2. The van der Waals surface area contributed by atoms with Crippen LogP contribution in [0.25, 0.3) is 0 Å². The van der Waals surface area contributed by atoms with Crippen molar-refractivity contribution in [3.05, 3.63) is 118 Å². The predicted octanol–water partition coefficient (Wildman–Crippen LogP) is 4.71. The molecule has 4 aromatic rings. The molecule has 2 radical (unpaired) electrons. The Labute approximate surface area is 353 Å². The number of fused-ring (bicyclic) bond motifs is 1. The minimum Gasteiger partial charge on any atom is -0.542 e. The monoisotopic (exact) mass is 856 g/mol. The maximum Gasteiger partial charge on any atom is 0.378 e. The van der Waals surface area contributed by atoms with E-state index >= 15 is 0 Å². The number of rotatable bonds is 17. The molecule has 59 heavy (non-hydrogen) atoms. The largest absolute Gasteiger partial charge is 0.542 e. The van der Waals surface area contributed by atoms with E-state index in [4.69, 9.17) is 38.6 Å². The highest BCUT2D eigenvalue weighted by Crippen LogP contribution is 2.51. The smallest absolute Gasteiger partial charge is 0.378 e. The molecule has 304 valence electrons. The number of hydrogen-bond donors (Lipinski definition) is 0. The zero-order valence-corrected chi connectivity index (χ0v) is 34.4. The highest BCUT2D eigenvalue weighted by Gasteiger charge is 2.68. The molecular weight excluding hydrogens is 819 g/mol. The summed E-state index contributed by atoms with van der Waals surface area (Å²) in [7, 11) is 6.45. The first-order valence-electron chi connectivity index (χ1n) is 18.5. The molecule has 0 spiro atoms. The fourth-order valence-corrected chi connectivity index (χ4v) is 11.7. The molecule has 3 heterocycles. The van der Waals surface area contributed by atoms with Crippen LogP contribution in [-0.4, -0.2) is 100.0 Å². The van der Waals surface area contributed by atoms with Gasteiger partial charge in [0.25, 0.3) is 11.7 Å². The lowest BCUT2D eigenvalue weighted by Gasteiger charge is -2.41. The van der Waals surface area contributed by atoms with Crippen LogP contribution in [0, 0.1) is 5.92 Å². The Balaban J connectivity index is 1.02. The van der Waals surface area contributed by atoms with E-state index in [0.717, 1.165) is 28.5 Å².